The van der Waals surface area contributed by atoms with Crippen LogP contribution in [0.4, 0.5) is 4.79 Å². The van der Waals surface area contributed by atoms with E-state index in [-0.39, 0.29) is 31.8 Å². The summed E-state index contributed by atoms with van der Waals surface area (Å²) in [6.45, 7) is 9.60. The predicted octanol–water partition coefficient (Wildman–Crippen LogP) is 2.99. The molecule has 0 radical (unpaired) electrons. The van der Waals surface area contributed by atoms with Gasteiger partial charge in [-0.3, -0.25) is 24.2 Å². The molecular weight excluding hydrogens is 388 g/mol. The molecular formula is C22H28N2O6. The van der Waals surface area contributed by atoms with Gasteiger partial charge in [0.05, 0.1) is 6.54 Å². The van der Waals surface area contributed by atoms with Crippen LogP contribution in [-0.2, 0) is 19.1 Å². The number of amides is 3. The fourth-order valence-corrected chi connectivity index (χ4v) is 3.11. The Labute approximate surface area is 176 Å². The first-order valence-corrected chi connectivity index (χ1v) is 9.73. The average Bonchev–Trinajstić information content (AvgIpc) is 2.71. The van der Waals surface area contributed by atoms with Crippen LogP contribution >= 0.6 is 0 Å². The molecule has 162 valence electrons. The fraction of sp³-hybridized carbons (Fsp3) is 0.455. The van der Waals surface area contributed by atoms with Gasteiger partial charge in [0.15, 0.2) is 5.41 Å². The van der Waals surface area contributed by atoms with Crippen LogP contribution in [0, 0.1) is 5.41 Å². The molecule has 1 aromatic carbocycles. The van der Waals surface area contributed by atoms with E-state index < -0.39 is 34.9 Å². The van der Waals surface area contributed by atoms with Gasteiger partial charge in [-0.2, -0.15) is 0 Å². The highest BCUT2D eigenvalue weighted by molar-refractivity contribution is 6.13. The van der Waals surface area contributed by atoms with Gasteiger partial charge in [0, 0.05) is 5.56 Å². The van der Waals surface area contributed by atoms with Crippen LogP contribution in [0.3, 0.4) is 0 Å². The number of ether oxygens (including phenoxy) is 2. The lowest BCUT2D eigenvalue weighted by atomic mass is 9.81. The SMILES string of the molecule is C=CCOC(=O)C1(CC)CN(C(=O)OC(C)(C)C)CN(C(=O)c2ccccc2)C1=O. The molecule has 1 atom stereocenters. The van der Waals surface area contributed by atoms with Gasteiger partial charge in [0.25, 0.3) is 5.91 Å². The summed E-state index contributed by atoms with van der Waals surface area (Å²) in [5.74, 6) is -2.12. The van der Waals surface area contributed by atoms with E-state index >= 15 is 0 Å². The minimum atomic E-state index is -1.72. The zero-order valence-electron chi connectivity index (χ0n) is 17.8. The first-order chi connectivity index (χ1) is 14.1. The second-order valence-corrected chi connectivity index (χ2v) is 8.05. The van der Waals surface area contributed by atoms with Crippen LogP contribution in [0.2, 0.25) is 0 Å². The number of carbonyl (C=O) groups excluding carboxylic acids is 4. The molecule has 0 aromatic heterocycles. The molecule has 0 aliphatic carbocycles. The molecule has 1 unspecified atom stereocenters. The normalized spacial score (nSPS) is 19.3. The van der Waals surface area contributed by atoms with E-state index in [2.05, 4.69) is 6.58 Å². The first kappa shape index (κ1) is 23.1. The number of hydrogen-bond donors (Lipinski definition) is 0. The molecule has 1 saturated heterocycles. The van der Waals surface area contributed by atoms with Crippen molar-refractivity contribution in [1.29, 1.82) is 0 Å². The van der Waals surface area contributed by atoms with Crippen LogP contribution in [0.15, 0.2) is 43.0 Å². The van der Waals surface area contributed by atoms with E-state index in [9.17, 15) is 19.2 Å². The van der Waals surface area contributed by atoms with E-state index in [1.165, 1.54) is 11.0 Å². The van der Waals surface area contributed by atoms with Gasteiger partial charge in [-0.1, -0.05) is 37.8 Å². The molecule has 8 nitrogen and oxygen atoms in total. The maximum atomic E-state index is 13.4. The Morgan fingerprint density at radius 2 is 1.83 bits per heavy atom. The van der Waals surface area contributed by atoms with Gasteiger partial charge in [-0.05, 0) is 39.3 Å². The zero-order chi connectivity index (χ0) is 22.5. The largest absolute Gasteiger partial charge is 0.461 e. The van der Waals surface area contributed by atoms with Crippen molar-refractivity contribution in [3.63, 3.8) is 0 Å². The summed E-state index contributed by atoms with van der Waals surface area (Å²) < 4.78 is 10.6. The van der Waals surface area contributed by atoms with Crippen molar-refractivity contribution < 1.29 is 28.7 Å². The molecule has 30 heavy (non-hydrogen) atoms. The van der Waals surface area contributed by atoms with Gasteiger partial charge >= 0.3 is 12.1 Å². The van der Waals surface area contributed by atoms with Crippen molar-refractivity contribution in [1.82, 2.24) is 9.80 Å². The van der Waals surface area contributed by atoms with Crippen molar-refractivity contribution in [2.75, 3.05) is 19.8 Å². The van der Waals surface area contributed by atoms with Crippen molar-refractivity contribution in [3.05, 3.63) is 48.6 Å². The number of rotatable bonds is 5. The van der Waals surface area contributed by atoms with E-state index in [0.29, 0.717) is 0 Å². The molecule has 1 aliphatic heterocycles. The lowest BCUT2D eigenvalue weighted by Gasteiger charge is -2.44. The van der Waals surface area contributed by atoms with Gasteiger partial charge in [0.1, 0.15) is 18.9 Å². The number of imide groups is 1. The number of benzene rings is 1. The minimum Gasteiger partial charge on any atom is -0.461 e. The van der Waals surface area contributed by atoms with Crippen LogP contribution < -0.4 is 0 Å². The Hall–Kier alpha value is -3.16. The first-order valence-electron chi connectivity index (χ1n) is 9.73. The Bertz CT molecular complexity index is 830. The number of hydrogen-bond acceptors (Lipinski definition) is 6. The van der Waals surface area contributed by atoms with Crippen LogP contribution in [0.1, 0.15) is 44.5 Å². The van der Waals surface area contributed by atoms with E-state index in [1.807, 2.05) is 0 Å². The molecule has 0 N–H and O–H groups in total. The molecule has 8 heteroatoms. The van der Waals surface area contributed by atoms with E-state index in [0.717, 1.165) is 4.90 Å². The smallest absolute Gasteiger partial charge is 0.411 e. The van der Waals surface area contributed by atoms with E-state index in [1.54, 1.807) is 58.0 Å². The second kappa shape index (κ2) is 9.11. The standard InChI is InChI=1S/C22H28N2O6/c1-6-13-29-19(27)22(7-2)14-23(20(28)30-21(3,4)5)15-24(18(22)26)17(25)16-11-9-8-10-12-16/h6,8-12H,1,7,13-15H2,2-5H3. The Kier molecular flexibility index (Phi) is 7.02. The third-order valence-corrected chi connectivity index (χ3v) is 4.67. The summed E-state index contributed by atoms with van der Waals surface area (Å²) >= 11 is 0. The van der Waals surface area contributed by atoms with Crippen LogP contribution in [-0.4, -0.2) is 59.1 Å². The van der Waals surface area contributed by atoms with Crippen LogP contribution in [0.5, 0.6) is 0 Å². The monoisotopic (exact) mass is 416 g/mol. The maximum absolute atomic E-state index is 13.4. The fourth-order valence-electron chi connectivity index (χ4n) is 3.11. The summed E-state index contributed by atoms with van der Waals surface area (Å²) in [5, 5.41) is 0. The molecule has 0 bridgehead atoms. The predicted molar refractivity (Wildman–Crippen MR) is 109 cm³/mol. The molecule has 1 aromatic rings. The lowest BCUT2D eigenvalue weighted by molar-refractivity contribution is -0.170. The molecule has 1 fully saturated rings. The Morgan fingerprint density at radius 3 is 2.37 bits per heavy atom. The topological polar surface area (TPSA) is 93.2 Å². The maximum Gasteiger partial charge on any atom is 0.411 e. The van der Waals surface area contributed by atoms with Gasteiger partial charge in [-0.15, -0.1) is 0 Å². The Balaban J connectivity index is 2.46. The number of nitrogens with zero attached hydrogens (tertiary/aromatic N) is 2. The van der Waals surface area contributed by atoms with Gasteiger partial charge in [-0.25, -0.2) is 4.79 Å². The van der Waals surface area contributed by atoms with Crippen molar-refractivity contribution in [2.45, 2.75) is 39.7 Å². The highest BCUT2D eigenvalue weighted by Crippen LogP contribution is 2.34. The summed E-state index contributed by atoms with van der Waals surface area (Å²) in [6, 6.07) is 8.19. The van der Waals surface area contributed by atoms with Crippen molar-refractivity contribution in [3.8, 4) is 0 Å². The second-order valence-electron chi connectivity index (χ2n) is 8.05. The van der Waals surface area contributed by atoms with E-state index in [4.69, 9.17) is 9.47 Å². The molecule has 1 aliphatic rings. The quantitative estimate of drug-likeness (QED) is 0.317. The Morgan fingerprint density at radius 1 is 1.20 bits per heavy atom. The highest BCUT2D eigenvalue weighted by atomic mass is 16.6. The molecule has 1 heterocycles. The summed E-state index contributed by atoms with van der Waals surface area (Å²) in [7, 11) is 0. The minimum absolute atomic E-state index is 0.0413. The summed E-state index contributed by atoms with van der Waals surface area (Å²) in [4.78, 5) is 54.1. The van der Waals surface area contributed by atoms with Crippen molar-refractivity contribution in [2.24, 2.45) is 5.41 Å². The third kappa shape index (κ3) is 4.87. The summed E-state index contributed by atoms with van der Waals surface area (Å²) in [5.41, 5.74) is -2.24. The third-order valence-electron chi connectivity index (χ3n) is 4.67. The van der Waals surface area contributed by atoms with Crippen molar-refractivity contribution >= 4 is 23.9 Å². The number of carbonyl (C=O) groups is 4. The molecule has 3 amide bonds. The van der Waals surface area contributed by atoms with Crippen LogP contribution in [0.25, 0.3) is 0 Å². The lowest BCUT2D eigenvalue weighted by Crippen LogP contribution is -2.65. The average molecular weight is 416 g/mol. The molecule has 0 saturated carbocycles. The molecule has 2 rings (SSSR count). The molecule has 0 spiro atoms. The highest BCUT2D eigenvalue weighted by Gasteiger charge is 2.55. The van der Waals surface area contributed by atoms with Gasteiger partial charge in [0.2, 0.25) is 5.91 Å². The van der Waals surface area contributed by atoms with Gasteiger partial charge < -0.3 is 9.47 Å². The number of esters is 1. The zero-order valence-corrected chi connectivity index (χ0v) is 17.8. The summed E-state index contributed by atoms with van der Waals surface area (Å²) in [6.07, 6.45) is 0.697.